The number of amides is 2. The van der Waals surface area contributed by atoms with Gasteiger partial charge in [0.15, 0.2) is 0 Å². The van der Waals surface area contributed by atoms with Crippen molar-refractivity contribution in [1.82, 2.24) is 0 Å². The Balaban J connectivity index is 0.000000278. The molecular formula is C42H36F12N4O4. The molecule has 0 unspecified atom stereocenters. The van der Waals surface area contributed by atoms with Gasteiger partial charge in [-0.1, -0.05) is 54.6 Å². The monoisotopic (exact) mass is 888 g/mol. The number of nitrogen functional groups attached to an aromatic ring is 1. The third-order valence-corrected chi connectivity index (χ3v) is 9.81. The van der Waals surface area contributed by atoms with Crippen molar-refractivity contribution in [3.8, 4) is 11.5 Å². The number of hydrogen-bond acceptors (Lipinski definition) is 6. The number of phenolic OH excluding ortho intramolecular Hbond substituents is 2. The van der Waals surface area contributed by atoms with Gasteiger partial charge in [0, 0.05) is 30.9 Å². The van der Waals surface area contributed by atoms with Gasteiger partial charge in [-0.2, -0.15) is 52.7 Å². The van der Waals surface area contributed by atoms with E-state index in [0.717, 1.165) is 31.2 Å². The van der Waals surface area contributed by atoms with E-state index in [1.807, 2.05) is 5.32 Å². The summed E-state index contributed by atoms with van der Waals surface area (Å²) in [7, 11) is 1.25. The average Bonchev–Trinajstić information content (AvgIpc) is 3.15. The summed E-state index contributed by atoms with van der Waals surface area (Å²) in [4.78, 5) is 23.7. The van der Waals surface area contributed by atoms with Crippen LogP contribution in [-0.4, -0.2) is 53.8 Å². The number of benzene rings is 5. The Labute approximate surface area is 345 Å². The fourth-order valence-electron chi connectivity index (χ4n) is 6.64. The van der Waals surface area contributed by atoms with Crippen LogP contribution in [0.4, 0.5) is 75.4 Å². The van der Waals surface area contributed by atoms with Gasteiger partial charge in [-0.15, -0.1) is 0 Å². The molecule has 0 aliphatic heterocycles. The second-order valence-electron chi connectivity index (χ2n) is 13.8. The number of aromatic hydroxyl groups is 2. The highest BCUT2D eigenvalue weighted by Gasteiger charge is 2.74. The van der Waals surface area contributed by atoms with E-state index >= 15 is 0 Å². The Morgan fingerprint density at radius 3 is 1.32 bits per heavy atom. The molecule has 0 bridgehead atoms. The van der Waals surface area contributed by atoms with E-state index < -0.39 is 86.8 Å². The number of hydrogen-bond donors (Lipinski definition) is 6. The van der Waals surface area contributed by atoms with Crippen molar-refractivity contribution >= 4 is 34.6 Å². The first-order valence-electron chi connectivity index (χ1n) is 17.8. The normalized spacial score (nSPS) is 12.5. The van der Waals surface area contributed by atoms with Crippen LogP contribution in [0.1, 0.15) is 50.7 Å². The van der Waals surface area contributed by atoms with Crippen molar-refractivity contribution in [2.75, 3.05) is 28.7 Å². The smallest absolute Gasteiger partial charge is 0.411 e. The van der Waals surface area contributed by atoms with E-state index in [4.69, 9.17) is 5.73 Å². The lowest BCUT2D eigenvalue weighted by molar-refractivity contribution is -0.290. The van der Waals surface area contributed by atoms with Crippen molar-refractivity contribution in [3.05, 3.63) is 142 Å². The molecule has 0 aliphatic carbocycles. The molecular weight excluding hydrogens is 852 g/mol. The predicted molar refractivity (Wildman–Crippen MR) is 207 cm³/mol. The molecule has 0 radical (unpaired) electrons. The van der Waals surface area contributed by atoms with Gasteiger partial charge in [0.2, 0.25) is 16.7 Å². The Morgan fingerprint density at radius 1 is 0.516 bits per heavy atom. The number of rotatable bonds is 8. The molecule has 2 amide bonds. The van der Waals surface area contributed by atoms with Crippen molar-refractivity contribution in [1.29, 1.82) is 0 Å². The lowest BCUT2D eigenvalue weighted by atomic mass is 9.72. The van der Waals surface area contributed by atoms with E-state index in [2.05, 4.69) is 10.6 Å². The minimum absolute atomic E-state index is 0.183. The number of alkyl halides is 12. The van der Waals surface area contributed by atoms with E-state index in [1.54, 1.807) is 18.2 Å². The fraction of sp³-hybridized carbons (Fsp3) is 0.238. The number of nitrogens with one attached hydrogen (secondary N) is 3. The Bertz CT molecular complexity index is 2400. The Kier molecular flexibility index (Phi) is 13.5. The van der Waals surface area contributed by atoms with Crippen LogP contribution in [0, 0.1) is 13.8 Å². The number of halogens is 12. The average molecular weight is 889 g/mol. The molecule has 0 saturated carbocycles. The lowest BCUT2D eigenvalue weighted by Crippen LogP contribution is -2.54. The lowest BCUT2D eigenvalue weighted by Gasteiger charge is -2.38. The van der Waals surface area contributed by atoms with Gasteiger partial charge in [0.25, 0.3) is 5.91 Å². The van der Waals surface area contributed by atoms with Gasteiger partial charge in [-0.25, -0.2) is 0 Å². The maximum absolute atomic E-state index is 14.4. The minimum Gasteiger partial charge on any atom is -0.506 e. The summed E-state index contributed by atoms with van der Waals surface area (Å²) in [6.45, 7) is 3.89. The summed E-state index contributed by atoms with van der Waals surface area (Å²) >= 11 is 0. The second kappa shape index (κ2) is 17.4. The van der Waals surface area contributed by atoms with Gasteiger partial charge < -0.3 is 31.9 Å². The van der Waals surface area contributed by atoms with Crippen LogP contribution < -0.4 is 21.7 Å². The molecule has 0 aliphatic rings. The zero-order valence-electron chi connectivity index (χ0n) is 32.6. The molecule has 0 fully saturated rings. The molecule has 332 valence electrons. The predicted octanol–water partition coefficient (Wildman–Crippen LogP) is 11.1. The van der Waals surface area contributed by atoms with Crippen LogP contribution in [0.15, 0.2) is 103 Å². The summed E-state index contributed by atoms with van der Waals surface area (Å²) in [5.41, 5.74) is -8.47. The second-order valence-corrected chi connectivity index (χ2v) is 13.8. The van der Waals surface area contributed by atoms with E-state index in [9.17, 15) is 72.5 Å². The van der Waals surface area contributed by atoms with E-state index in [-0.39, 0.29) is 28.2 Å². The van der Waals surface area contributed by atoms with Crippen LogP contribution in [0.5, 0.6) is 11.5 Å². The zero-order valence-corrected chi connectivity index (χ0v) is 32.6. The number of carbonyl (C=O) groups is 2. The number of anilines is 4. The van der Waals surface area contributed by atoms with Crippen molar-refractivity contribution in [3.63, 3.8) is 0 Å². The fourth-order valence-corrected chi connectivity index (χ4v) is 6.64. The molecule has 0 heterocycles. The molecule has 7 N–H and O–H groups in total. The molecule has 5 aromatic carbocycles. The van der Waals surface area contributed by atoms with Gasteiger partial charge >= 0.3 is 24.7 Å². The molecule has 8 nitrogen and oxygen atoms in total. The summed E-state index contributed by atoms with van der Waals surface area (Å²) in [5, 5.41) is 26.3. The quantitative estimate of drug-likeness (QED) is 0.0522. The molecule has 62 heavy (non-hydrogen) atoms. The summed E-state index contributed by atoms with van der Waals surface area (Å²) < 4.78 is 171. The molecule has 0 saturated heterocycles. The van der Waals surface area contributed by atoms with E-state index in [0.29, 0.717) is 54.1 Å². The molecule has 20 heteroatoms. The van der Waals surface area contributed by atoms with Crippen LogP contribution in [0.25, 0.3) is 0 Å². The zero-order chi connectivity index (χ0) is 46.8. The largest absolute Gasteiger partial charge is 0.506 e. The van der Waals surface area contributed by atoms with Crippen molar-refractivity contribution in [2.24, 2.45) is 0 Å². The van der Waals surface area contributed by atoms with Gasteiger partial charge in [0.05, 0.1) is 11.4 Å². The molecule has 5 aromatic rings. The standard InChI is InChI=1S/C24H20F6N2O2.C18H16F6N2O2/c1-14-8-9-16(12-18(14)32-21(34)15-6-4-3-5-7-15)22(23(25,26)27,24(28,29)30)17-10-11-20(33)19(13-17)31-2;1-9-3-4-11(7-13(9)25)16(17(19,20)21,18(22,23)24)12-5-6-15(28)14(8-12)26-10(2)27/h3-13,31,33H,1-2H3,(H,32,34);3-8,28H,25H2,1-2H3,(H,26,27). The number of aryl methyl sites for hydroxylation is 2. The summed E-state index contributed by atoms with van der Waals surface area (Å²) in [6.07, 6.45) is -23.2. The number of carbonyl (C=O) groups excluding carboxylic acids is 2. The van der Waals surface area contributed by atoms with Crippen LogP contribution in [0.2, 0.25) is 0 Å². The number of phenols is 2. The van der Waals surface area contributed by atoms with Crippen molar-refractivity contribution in [2.45, 2.75) is 56.3 Å². The van der Waals surface area contributed by atoms with Crippen LogP contribution >= 0.6 is 0 Å². The van der Waals surface area contributed by atoms with Gasteiger partial charge in [-0.05, 0) is 95.8 Å². The highest BCUT2D eigenvalue weighted by atomic mass is 19.4. The number of nitrogens with two attached hydrogens (primary N) is 1. The maximum atomic E-state index is 14.4. The highest BCUT2D eigenvalue weighted by molar-refractivity contribution is 6.04. The van der Waals surface area contributed by atoms with E-state index in [1.165, 1.54) is 33.0 Å². The Morgan fingerprint density at radius 2 is 0.903 bits per heavy atom. The van der Waals surface area contributed by atoms with Crippen molar-refractivity contribution < 1.29 is 72.5 Å². The third kappa shape index (κ3) is 9.03. The SMILES string of the molecule is CC(=O)Nc1cc(C(c2ccc(C)c(N)c2)(C(F)(F)F)C(F)(F)F)ccc1O.CNc1cc(C(c2ccc(C)c(NC(=O)c3ccccc3)c2)(C(F)(F)F)C(F)(F)F)ccc1O. The summed E-state index contributed by atoms with van der Waals surface area (Å²) in [5.74, 6) is -2.66. The van der Waals surface area contributed by atoms with Gasteiger partial charge in [-0.3, -0.25) is 9.59 Å². The topological polar surface area (TPSA) is 137 Å². The van der Waals surface area contributed by atoms with Gasteiger partial charge in [0.1, 0.15) is 11.5 Å². The third-order valence-electron chi connectivity index (χ3n) is 9.81. The first kappa shape index (κ1) is 48.1. The summed E-state index contributed by atoms with van der Waals surface area (Å²) in [6, 6.07) is 16.2. The Hall–Kier alpha value is -6.60. The van der Waals surface area contributed by atoms with Crippen LogP contribution in [0.3, 0.4) is 0 Å². The molecule has 0 aromatic heterocycles. The molecule has 0 atom stereocenters. The highest BCUT2D eigenvalue weighted by Crippen LogP contribution is 2.58. The first-order valence-corrected chi connectivity index (χ1v) is 17.8. The first-order chi connectivity index (χ1) is 28.5. The minimum atomic E-state index is -5.82. The maximum Gasteiger partial charge on any atom is 0.411 e. The molecule has 5 rings (SSSR count). The molecule has 0 spiro atoms. The van der Waals surface area contributed by atoms with Crippen LogP contribution in [-0.2, 0) is 15.6 Å².